The molecule has 2 aromatic heterocycles. The molecule has 0 amide bonds. The molecule has 2 aromatic rings. The summed E-state index contributed by atoms with van der Waals surface area (Å²) in [5.41, 5.74) is 12.6. The van der Waals surface area contributed by atoms with Crippen molar-refractivity contribution in [3.05, 3.63) is 12.7 Å². The number of aliphatic hydroxyl groups is 1. The minimum absolute atomic E-state index is 0.0839. The molecule has 0 aliphatic carbocycles. The first-order valence-corrected chi connectivity index (χ1v) is 7.50. The number of fused-ring (bicyclic) bond motifs is 1. The third-order valence-electron chi connectivity index (χ3n) is 3.75. The standard InChI is InChI=1S/C14H24N6O/c1-2-3-4-5-10(11(21)6-7-15)20-9-19-12-13(16)17-8-18-14(12)20/h8-11,21H,2-7,15H2,1H3,(H2,16,17,18)/t10-,11-/m1/s1. The molecule has 0 spiro atoms. The molecule has 21 heavy (non-hydrogen) atoms. The van der Waals surface area contributed by atoms with Gasteiger partial charge in [0.05, 0.1) is 18.5 Å². The summed E-state index contributed by atoms with van der Waals surface area (Å²) >= 11 is 0. The molecule has 0 aliphatic heterocycles. The smallest absolute Gasteiger partial charge is 0.165 e. The average Bonchev–Trinajstić information content (AvgIpc) is 2.89. The van der Waals surface area contributed by atoms with Crippen LogP contribution in [0.2, 0.25) is 0 Å². The fraction of sp³-hybridized carbons (Fsp3) is 0.643. The first-order valence-electron chi connectivity index (χ1n) is 7.50. The van der Waals surface area contributed by atoms with E-state index < -0.39 is 6.10 Å². The number of nitrogens with zero attached hydrogens (tertiary/aromatic N) is 4. The normalized spacial score (nSPS) is 14.4. The van der Waals surface area contributed by atoms with E-state index >= 15 is 0 Å². The van der Waals surface area contributed by atoms with Crippen molar-refractivity contribution in [2.45, 2.75) is 51.2 Å². The van der Waals surface area contributed by atoms with E-state index in [2.05, 4.69) is 21.9 Å². The second-order valence-corrected chi connectivity index (χ2v) is 5.29. The molecule has 0 saturated carbocycles. The van der Waals surface area contributed by atoms with Gasteiger partial charge in [-0.05, 0) is 19.4 Å². The highest BCUT2D eigenvalue weighted by Gasteiger charge is 2.23. The Bertz CT molecular complexity index is 570. The molecule has 0 aromatic carbocycles. The van der Waals surface area contributed by atoms with E-state index in [1.54, 1.807) is 6.33 Å². The zero-order valence-electron chi connectivity index (χ0n) is 12.4. The van der Waals surface area contributed by atoms with Gasteiger partial charge >= 0.3 is 0 Å². The highest BCUT2D eigenvalue weighted by atomic mass is 16.3. The van der Waals surface area contributed by atoms with Crippen molar-refractivity contribution in [1.29, 1.82) is 0 Å². The van der Waals surface area contributed by atoms with E-state index in [1.165, 1.54) is 6.33 Å². The Morgan fingerprint density at radius 2 is 2.05 bits per heavy atom. The highest BCUT2D eigenvalue weighted by Crippen LogP contribution is 2.26. The first-order chi connectivity index (χ1) is 10.2. The van der Waals surface area contributed by atoms with Gasteiger partial charge in [-0.2, -0.15) is 0 Å². The van der Waals surface area contributed by atoms with Crippen LogP contribution < -0.4 is 11.5 Å². The van der Waals surface area contributed by atoms with Crippen LogP contribution in [0.5, 0.6) is 0 Å². The van der Waals surface area contributed by atoms with E-state index in [0.717, 1.165) is 25.7 Å². The van der Waals surface area contributed by atoms with Gasteiger partial charge in [0.1, 0.15) is 11.8 Å². The second kappa shape index (κ2) is 7.33. The van der Waals surface area contributed by atoms with Gasteiger partial charge in [-0.3, -0.25) is 0 Å². The molecule has 0 unspecified atom stereocenters. The molecular formula is C14H24N6O. The summed E-state index contributed by atoms with van der Waals surface area (Å²) in [4.78, 5) is 12.5. The molecule has 0 radical (unpaired) electrons. The molecule has 0 fully saturated rings. The van der Waals surface area contributed by atoms with Gasteiger partial charge in [-0.15, -0.1) is 0 Å². The number of unbranched alkanes of at least 4 members (excludes halogenated alkanes) is 2. The van der Waals surface area contributed by atoms with Crippen molar-refractivity contribution < 1.29 is 5.11 Å². The van der Waals surface area contributed by atoms with Crippen LogP contribution in [-0.4, -0.2) is 37.3 Å². The largest absolute Gasteiger partial charge is 0.391 e. The lowest BCUT2D eigenvalue weighted by Crippen LogP contribution is -2.26. The molecule has 0 saturated heterocycles. The number of nitrogens with two attached hydrogens (primary N) is 2. The lowest BCUT2D eigenvalue weighted by Gasteiger charge is -2.24. The number of aliphatic hydroxyl groups excluding tert-OH is 1. The van der Waals surface area contributed by atoms with Crippen LogP contribution in [-0.2, 0) is 0 Å². The summed E-state index contributed by atoms with van der Waals surface area (Å²) in [6.07, 6.45) is 7.33. The van der Waals surface area contributed by atoms with Crippen LogP contribution in [0, 0.1) is 0 Å². The Morgan fingerprint density at radius 1 is 1.24 bits per heavy atom. The number of imidazole rings is 1. The molecule has 116 valence electrons. The summed E-state index contributed by atoms with van der Waals surface area (Å²) in [7, 11) is 0. The van der Waals surface area contributed by atoms with Gasteiger partial charge in [0.2, 0.25) is 0 Å². The Labute approximate surface area is 124 Å². The van der Waals surface area contributed by atoms with Gasteiger partial charge in [0.15, 0.2) is 11.5 Å². The summed E-state index contributed by atoms with van der Waals surface area (Å²) < 4.78 is 1.91. The van der Waals surface area contributed by atoms with Crippen molar-refractivity contribution in [3.63, 3.8) is 0 Å². The molecule has 2 atom stereocenters. The minimum atomic E-state index is -0.513. The monoisotopic (exact) mass is 292 g/mol. The fourth-order valence-electron chi connectivity index (χ4n) is 2.60. The summed E-state index contributed by atoms with van der Waals surface area (Å²) in [6, 6.07) is -0.0839. The number of hydrogen-bond donors (Lipinski definition) is 3. The summed E-state index contributed by atoms with van der Waals surface area (Å²) in [5.74, 6) is 0.361. The molecule has 7 nitrogen and oxygen atoms in total. The number of rotatable bonds is 8. The molecule has 0 aliphatic rings. The Kier molecular flexibility index (Phi) is 5.46. The van der Waals surface area contributed by atoms with E-state index in [4.69, 9.17) is 11.5 Å². The minimum Gasteiger partial charge on any atom is -0.391 e. The Hall–Kier alpha value is -1.73. The third kappa shape index (κ3) is 3.48. The van der Waals surface area contributed by atoms with Crippen molar-refractivity contribution in [2.24, 2.45) is 5.73 Å². The van der Waals surface area contributed by atoms with Gasteiger partial charge in [0.25, 0.3) is 0 Å². The first kappa shape index (κ1) is 15.7. The number of hydrogen-bond acceptors (Lipinski definition) is 6. The van der Waals surface area contributed by atoms with E-state index in [9.17, 15) is 5.11 Å². The molecule has 2 rings (SSSR count). The highest BCUT2D eigenvalue weighted by molar-refractivity contribution is 5.81. The van der Waals surface area contributed by atoms with Crippen molar-refractivity contribution in [3.8, 4) is 0 Å². The SMILES string of the molecule is CCCCC[C@H]([C@H](O)CCN)n1cnc2c(N)ncnc21. The van der Waals surface area contributed by atoms with Gasteiger partial charge in [0, 0.05) is 0 Å². The van der Waals surface area contributed by atoms with Crippen molar-refractivity contribution in [2.75, 3.05) is 12.3 Å². The van der Waals surface area contributed by atoms with Gasteiger partial charge in [-0.25, -0.2) is 15.0 Å². The maximum Gasteiger partial charge on any atom is 0.165 e. The zero-order valence-corrected chi connectivity index (χ0v) is 12.4. The molecule has 0 bridgehead atoms. The maximum atomic E-state index is 10.4. The Morgan fingerprint density at radius 3 is 2.76 bits per heavy atom. The second-order valence-electron chi connectivity index (χ2n) is 5.29. The average molecular weight is 292 g/mol. The Balaban J connectivity index is 2.31. The van der Waals surface area contributed by atoms with Crippen LogP contribution in [0.25, 0.3) is 11.2 Å². The number of aromatic nitrogens is 4. The number of nitrogen functional groups attached to an aromatic ring is 1. The van der Waals surface area contributed by atoms with Crippen molar-refractivity contribution in [1.82, 2.24) is 19.5 Å². The quantitative estimate of drug-likeness (QED) is 0.630. The van der Waals surface area contributed by atoms with Crippen LogP contribution in [0.3, 0.4) is 0 Å². The molecule has 7 heteroatoms. The molecular weight excluding hydrogens is 268 g/mol. The predicted molar refractivity (Wildman–Crippen MR) is 82.6 cm³/mol. The van der Waals surface area contributed by atoms with Crippen LogP contribution in [0.15, 0.2) is 12.7 Å². The molecule has 2 heterocycles. The zero-order chi connectivity index (χ0) is 15.2. The van der Waals surface area contributed by atoms with E-state index in [-0.39, 0.29) is 6.04 Å². The summed E-state index contributed by atoms with van der Waals surface area (Å²) in [5, 5.41) is 10.4. The topological polar surface area (TPSA) is 116 Å². The third-order valence-corrected chi connectivity index (χ3v) is 3.75. The lowest BCUT2D eigenvalue weighted by molar-refractivity contribution is 0.101. The number of anilines is 1. The fourth-order valence-corrected chi connectivity index (χ4v) is 2.60. The molecule has 5 N–H and O–H groups in total. The lowest BCUT2D eigenvalue weighted by atomic mass is 10.0. The van der Waals surface area contributed by atoms with Gasteiger partial charge in [-0.1, -0.05) is 26.2 Å². The van der Waals surface area contributed by atoms with Crippen LogP contribution in [0.4, 0.5) is 5.82 Å². The predicted octanol–water partition coefficient (Wildman–Crippen LogP) is 1.24. The van der Waals surface area contributed by atoms with Crippen LogP contribution >= 0.6 is 0 Å². The van der Waals surface area contributed by atoms with Gasteiger partial charge < -0.3 is 21.1 Å². The van der Waals surface area contributed by atoms with Crippen molar-refractivity contribution >= 4 is 17.0 Å². The summed E-state index contributed by atoms with van der Waals surface area (Å²) in [6.45, 7) is 2.61. The maximum absolute atomic E-state index is 10.4. The van der Waals surface area contributed by atoms with E-state index in [0.29, 0.717) is 29.9 Å². The van der Waals surface area contributed by atoms with Crippen LogP contribution in [0.1, 0.15) is 45.1 Å². The van der Waals surface area contributed by atoms with E-state index in [1.807, 2.05) is 4.57 Å².